The van der Waals surface area contributed by atoms with E-state index in [0.29, 0.717) is 31.9 Å². The Morgan fingerprint density at radius 1 is 1.46 bits per heavy atom. The van der Waals surface area contributed by atoms with Gasteiger partial charge in [-0.3, -0.25) is 4.79 Å². The predicted octanol–water partition coefficient (Wildman–Crippen LogP) is 2.51. The van der Waals surface area contributed by atoms with Crippen molar-refractivity contribution in [2.75, 3.05) is 24.6 Å². The van der Waals surface area contributed by atoms with Gasteiger partial charge in [-0.05, 0) is 36.9 Å². The largest absolute Gasteiger partial charge is 0.466 e. The van der Waals surface area contributed by atoms with Crippen LogP contribution in [0.25, 0.3) is 10.8 Å². The fraction of sp³-hybridized carbons (Fsp3) is 0.412. The molecule has 0 aliphatic carbocycles. The van der Waals surface area contributed by atoms with Crippen LogP contribution in [0.4, 0.5) is 10.2 Å². The standard InChI is InChI=1S/C17H20FN3O2.ClH/c1-2-23-17(22)14-10-21(8-6-15(14)19)16-13-9-12(18)4-3-11(13)5-7-20-16;/h3-5,7,9,14-15H,2,6,8,10,19H2,1H3;1H. The van der Waals surface area contributed by atoms with E-state index in [1.54, 1.807) is 19.2 Å². The lowest BCUT2D eigenvalue weighted by atomic mass is 9.92. The number of halogens is 2. The van der Waals surface area contributed by atoms with Gasteiger partial charge in [0.25, 0.3) is 0 Å². The van der Waals surface area contributed by atoms with E-state index >= 15 is 0 Å². The summed E-state index contributed by atoms with van der Waals surface area (Å²) in [6.07, 6.45) is 2.36. The van der Waals surface area contributed by atoms with Gasteiger partial charge in [0.15, 0.2) is 0 Å². The number of fused-ring (bicyclic) bond motifs is 1. The van der Waals surface area contributed by atoms with Crippen molar-refractivity contribution in [1.82, 2.24) is 4.98 Å². The zero-order chi connectivity index (χ0) is 16.4. The van der Waals surface area contributed by atoms with E-state index in [2.05, 4.69) is 4.98 Å². The minimum absolute atomic E-state index is 0. The van der Waals surface area contributed by atoms with Crippen LogP contribution in [0, 0.1) is 11.7 Å². The van der Waals surface area contributed by atoms with Gasteiger partial charge < -0.3 is 15.4 Å². The number of hydrogen-bond donors (Lipinski definition) is 1. The van der Waals surface area contributed by atoms with Gasteiger partial charge in [-0.2, -0.15) is 0 Å². The number of carbonyl (C=O) groups is 1. The second-order valence-electron chi connectivity index (χ2n) is 5.76. The van der Waals surface area contributed by atoms with Crippen LogP contribution in [-0.4, -0.2) is 36.7 Å². The third kappa shape index (κ3) is 3.60. The van der Waals surface area contributed by atoms with Gasteiger partial charge in [-0.15, -0.1) is 12.4 Å². The molecular formula is C17H21ClFN3O2. The quantitative estimate of drug-likeness (QED) is 0.859. The summed E-state index contributed by atoms with van der Waals surface area (Å²) < 4.78 is 18.7. The third-order valence-electron chi connectivity index (χ3n) is 4.26. The molecule has 1 aliphatic heterocycles. The fourth-order valence-electron chi connectivity index (χ4n) is 3.04. The van der Waals surface area contributed by atoms with Crippen LogP contribution in [0.15, 0.2) is 30.5 Å². The Bertz CT molecular complexity index is 728. The van der Waals surface area contributed by atoms with Crippen LogP contribution in [0.2, 0.25) is 0 Å². The van der Waals surface area contributed by atoms with Crippen molar-refractivity contribution >= 4 is 35.0 Å². The molecule has 0 spiro atoms. The summed E-state index contributed by atoms with van der Waals surface area (Å²) in [4.78, 5) is 18.5. The highest BCUT2D eigenvalue weighted by Crippen LogP contribution is 2.29. The maximum absolute atomic E-state index is 13.6. The van der Waals surface area contributed by atoms with Gasteiger partial charge in [0.05, 0.1) is 12.5 Å². The zero-order valence-electron chi connectivity index (χ0n) is 13.4. The highest BCUT2D eigenvalue weighted by Gasteiger charge is 2.34. The van der Waals surface area contributed by atoms with E-state index in [-0.39, 0.29) is 30.2 Å². The SMILES string of the molecule is CCOC(=O)C1CN(c2nccc3ccc(F)cc23)CCC1N.Cl. The first-order valence-electron chi connectivity index (χ1n) is 7.81. The average Bonchev–Trinajstić information content (AvgIpc) is 2.55. The number of pyridine rings is 1. The summed E-state index contributed by atoms with van der Waals surface area (Å²) in [5.74, 6) is -0.295. The number of piperidine rings is 1. The molecule has 1 saturated heterocycles. The Hall–Kier alpha value is -1.92. The number of rotatable bonds is 3. The first-order valence-corrected chi connectivity index (χ1v) is 7.81. The van der Waals surface area contributed by atoms with E-state index in [4.69, 9.17) is 10.5 Å². The predicted molar refractivity (Wildman–Crippen MR) is 93.9 cm³/mol. The van der Waals surface area contributed by atoms with Crippen molar-refractivity contribution in [2.24, 2.45) is 11.7 Å². The van der Waals surface area contributed by atoms with Gasteiger partial charge in [-0.25, -0.2) is 9.37 Å². The van der Waals surface area contributed by atoms with Crippen molar-refractivity contribution in [3.05, 3.63) is 36.3 Å². The minimum atomic E-state index is -0.394. The smallest absolute Gasteiger partial charge is 0.312 e. The fourth-order valence-corrected chi connectivity index (χ4v) is 3.04. The van der Waals surface area contributed by atoms with Crippen LogP contribution in [0.1, 0.15) is 13.3 Å². The molecule has 5 nitrogen and oxygen atoms in total. The molecule has 0 saturated carbocycles. The number of anilines is 1. The molecule has 0 radical (unpaired) electrons. The number of ether oxygens (including phenoxy) is 1. The average molecular weight is 354 g/mol. The van der Waals surface area contributed by atoms with E-state index in [0.717, 1.165) is 10.8 Å². The highest BCUT2D eigenvalue weighted by atomic mass is 35.5. The normalized spacial score (nSPS) is 20.5. The molecule has 1 aliphatic rings. The molecule has 130 valence electrons. The van der Waals surface area contributed by atoms with Crippen molar-refractivity contribution in [1.29, 1.82) is 0 Å². The summed E-state index contributed by atoms with van der Waals surface area (Å²) >= 11 is 0. The lowest BCUT2D eigenvalue weighted by Gasteiger charge is -2.36. The molecule has 1 aromatic heterocycles. The molecule has 0 bridgehead atoms. The maximum atomic E-state index is 13.6. The Morgan fingerprint density at radius 3 is 3.00 bits per heavy atom. The summed E-state index contributed by atoms with van der Waals surface area (Å²) in [6.45, 7) is 3.22. The van der Waals surface area contributed by atoms with Crippen molar-refractivity contribution in [2.45, 2.75) is 19.4 Å². The number of benzene rings is 1. The Balaban J connectivity index is 0.00000208. The summed E-state index contributed by atoms with van der Waals surface area (Å²) in [5, 5.41) is 1.66. The number of nitrogens with zero attached hydrogens (tertiary/aromatic N) is 2. The Labute approximate surface area is 146 Å². The zero-order valence-corrected chi connectivity index (χ0v) is 14.3. The molecule has 2 heterocycles. The molecule has 2 unspecified atom stereocenters. The molecule has 2 N–H and O–H groups in total. The van der Waals surface area contributed by atoms with Gasteiger partial charge in [0, 0.05) is 30.7 Å². The van der Waals surface area contributed by atoms with Gasteiger partial charge >= 0.3 is 5.97 Å². The molecule has 2 aromatic rings. The monoisotopic (exact) mass is 353 g/mol. The number of carbonyl (C=O) groups excluding carboxylic acids is 1. The highest BCUT2D eigenvalue weighted by molar-refractivity contribution is 5.92. The van der Waals surface area contributed by atoms with Crippen molar-refractivity contribution < 1.29 is 13.9 Å². The molecule has 7 heteroatoms. The molecule has 2 atom stereocenters. The first kappa shape index (κ1) is 18.4. The van der Waals surface area contributed by atoms with Gasteiger partial charge in [-0.1, -0.05) is 6.07 Å². The van der Waals surface area contributed by atoms with E-state index in [9.17, 15) is 9.18 Å². The van der Waals surface area contributed by atoms with E-state index in [1.807, 2.05) is 11.0 Å². The van der Waals surface area contributed by atoms with Crippen molar-refractivity contribution in [3.63, 3.8) is 0 Å². The lowest BCUT2D eigenvalue weighted by Crippen LogP contribution is -2.51. The summed E-state index contributed by atoms with van der Waals surface area (Å²) in [6, 6.07) is 6.26. The lowest BCUT2D eigenvalue weighted by molar-refractivity contribution is -0.148. The molecule has 24 heavy (non-hydrogen) atoms. The molecular weight excluding hydrogens is 333 g/mol. The number of hydrogen-bond acceptors (Lipinski definition) is 5. The second-order valence-corrected chi connectivity index (χ2v) is 5.76. The van der Waals surface area contributed by atoms with Crippen LogP contribution in [0.3, 0.4) is 0 Å². The van der Waals surface area contributed by atoms with Crippen molar-refractivity contribution in [3.8, 4) is 0 Å². The maximum Gasteiger partial charge on any atom is 0.312 e. The second kappa shape index (κ2) is 7.77. The van der Waals surface area contributed by atoms with Crippen LogP contribution in [-0.2, 0) is 9.53 Å². The van der Waals surface area contributed by atoms with Gasteiger partial charge in [0.2, 0.25) is 0 Å². The van der Waals surface area contributed by atoms with Crippen LogP contribution >= 0.6 is 12.4 Å². The van der Waals surface area contributed by atoms with Gasteiger partial charge in [0.1, 0.15) is 11.6 Å². The number of esters is 1. The van der Waals surface area contributed by atoms with E-state index < -0.39 is 5.92 Å². The summed E-state index contributed by atoms with van der Waals surface area (Å²) in [5.41, 5.74) is 6.08. The Kier molecular flexibility index (Phi) is 5.96. The first-order chi connectivity index (χ1) is 11.1. The van der Waals surface area contributed by atoms with Crippen LogP contribution in [0.5, 0.6) is 0 Å². The molecule has 1 fully saturated rings. The molecule has 0 amide bonds. The summed E-state index contributed by atoms with van der Waals surface area (Å²) in [7, 11) is 0. The van der Waals surface area contributed by atoms with Crippen LogP contribution < -0.4 is 10.6 Å². The van der Waals surface area contributed by atoms with E-state index in [1.165, 1.54) is 12.1 Å². The Morgan fingerprint density at radius 2 is 2.25 bits per heavy atom. The topological polar surface area (TPSA) is 68.5 Å². The number of nitrogens with two attached hydrogens (primary N) is 1. The minimum Gasteiger partial charge on any atom is -0.466 e. The number of aromatic nitrogens is 1. The molecule has 3 rings (SSSR count). The molecule has 1 aromatic carbocycles. The third-order valence-corrected chi connectivity index (χ3v) is 4.26.